The second kappa shape index (κ2) is 6.30. The molecule has 124 valence electrons. The Bertz CT molecular complexity index is 792. The third-order valence-electron chi connectivity index (χ3n) is 4.33. The van der Waals surface area contributed by atoms with Gasteiger partial charge in [0.15, 0.2) is 5.60 Å². The summed E-state index contributed by atoms with van der Waals surface area (Å²) in [6, 6.07) is 11.7. The zero-order chi connectivity index (χ0) is 17.3. The van der Waals surface area contributed by atoms with Crippen LogP contribution in [0.15, 0.2) is 36.4 Å². The molecule has 0 radical (unpaired) electrons. The molecule has 1 atom stereocenters. The molecule has 0 aromatic heterocycles. The Hall–Kier alpha value is -2.31. The van der Waals surface area contributed by atoms with Crippen molar-refractivity contribution in [3.63, 3.8) is 0 Å². The number of nitrogen functional groups attached to an aromatic ring is 1. The highest BCUT2D eigenvalue weighted by Gasteiger charge is 2.39. The summed E-state index contributed by atoms with van der Waals surface area (Å²) in [4.78, 5) is 2.27. The number of rotatable bonds is 3. The monoisotopic (exact) mass is 340 g/mol. The van der Waals surface area contributed by atoms with E-state index in [9.17, 15) is 0 Å². The van der Waals surface area contributed by atoms with Gasteiger partial charge in [0.1, 0.15) is 5.75 Å². The molecule has 1 unspecified atom stereocenters. The van der Waals surface area contributed by atoms with E-state index in [0.717, 1.165) is 13.0 Å². The van der Waals surface area contributed by atoms with Crippen molar-refractivity contribution in [2.75, 3.05) is 23.7 Å². The first-order valence-electron chi connectivity index (χ1n) is 7.96. The van der Waals surface area contributed by atoms with Crippen LogP contribution in [0.25, 0.3) is 0 Å². The van der Waals surface area contributed by atoms with Crippen LogP contribution in [0.1, 0.15) is 17.5 Å². The van der Waals surface area contributed by atoms with Gasteiger partial charge in [-0.1, -0.05) is 23.6 Å². The van der Waals surface area contributed by atoms with Crippen LogP contribution >= 0.6 is 11.6 Å². The van der Waals surface area contributed by atoms with Gasteiger partial charge in [-0.05, 0) is 55.3 Å². The molecular formula is C20H21ClN2O. The highest BCUT2D eigenvalue weighted by Crippen LogP contribution is 2.35. The molecule has 2 aromatic carbocycles. The fraction of sp³-hybridized carbons (Fsp3) is 0.300. The van der Waals surface area contributed by atoms with Gasteiger partial charge in [0, 0.05) is 24.3 Å². The molecule has 0 spiro atoms. The zero-order valence-corrected chi connectivity index (χ0v) is 14.7. The average molecular weight is 341 g/mol. The van der Waals surface area contributed by atoms with Crippen LogP contribution in [0.4, 0.5) is 11.4 Å². The fourth-order valence-corrected chi connectivity index (χ4v) is 3.40. The zero-order valence-electron chi connectivity index (χ0n) is 14.0. The Balaban J connectivity index is 1.83. The van der Waals surface area contributed by atoms with Gasteiger partial charge < -0.3 is 15.4 Å². The van der Waals surface area contributed by atoms with Gasteiger partial charge in [0.25, 0.3) is 0 Å². The first kappa shape index (κ1) is 16.5. The Morgan fingerprint density at radius 1 is 1.21 bits per heavy atom. The Morgan fingerprint density at radius 3 is 2.54 bits per heavy atom. The molecule has 0 aliphatic carbocycles. The molecule has 24 heavy (non-hydrogen) atoms. The molecule has 3 rings (SSSR count). The topological polar surface area (TPSA) is 38.5 Å². The van der Waals surface area contributed by atoms with Crippen LogP contribution in [0.3, 0.4) is 0 Å². The molecule has 1 heterocycles. The third-order valence-corrected chi connectivity index (χ3v) is 4.62. The molecular weight excluding hydrogens is 320 g/mol. The van der Waals surface area contributed by atoms with E-state index in [0.29, 0.717) is 23.0 Å². The Kier molecular flexibility index (Phi) is 4.34. The van der Waals surface area contributed by atoms with Crippen LogP contribution in [0, 0.1) is 26.2 Å². The number of ether oxygens (including phenoxy) is 1. The van der Waals surface area contributed by atoms with E-state index in [1.807, 2.05) is 0 Å². The molecule has 1 saturated heterocycles. The van der Waals surface area contributed by atoms with E-state index >= 15 is 0 Å². The maximum atomic E-state index is 6.23. The predicted molar refractivity (Wildman–Crippen MR) is 101 cm³/mol. The maximum Gasteiger partial charge on any atom is 0.187 e. The molecule has 1 aliphatic heterocycles. The van der Waals surface area contributed by atoms with Crippen molar-refractivity contribution in [2.24, 2.45) is 0 Å². The second-order valence-corrected chi connectivity index (χ2v) is 6.86. The smallest absolute Gasteiger partial charge is 0.187 e. The van der Waals surface area contributed by atoms with Crippen molar-refractivity contribution in [1.82, 2.24) is 0 Å². The van der Waals surface area contributed by atoms with E-state index in [1.165, 1.54) is 16.8 Å². The van der Waals surface area contributed by atoms with Crippen LogP contribution in [0.2, 0.25) is 5.02 Å². The van der Waals surface area contributed by atoms with Gasteiger partial charge in [-0.3, -0.25) is 0 Å². The number of nitrogens with zero attached hydrogens (tertiary/aromatic N) is 1. The number of hydrogen-bond acceptors (Lipinski definition) is 3. The summed E-state index contributed by atoms with van der Waals surface area (Å²) in [7, 11) is 0. The summed E-state index contributed by atoms with van der Waals surface area (Å²) < 4.78 is 6.14. The lowest BCUT2D eigenvalue weighted by atomic mass is 10.0. The van der Waals surface area contributed by atoms with E-state index in [-0.39, 0.29) is 0 Å². The van der Waals surface area contributed by atoms with Gasteiger partial charge in [-0.2, -0.15) is 0 Å². The summed E-state index contributed by atoms with van der Waals surface area (Å²) in [5, 5.41) is 0.481. The molecule has 1 fully saturated rings. The minimum Gasteiger partial charge on any atom is -0.471 e. The minimum absolute atomic E-state index is 0.481. The molecule has 0 saturated carbocycles. The van der Waals surface area contributed by atoms with Crippen LogP contribution < -0.4 is 15.4 Å². The average Bonchev–Trinajstić information content (AvgIpc) is 2.94. The van der Waals surface area contributed by atoms with Crippen LogP contribution in [-0.4, -0.2) is 18.7 Å². The first-order chi connectivity index (χ1) is 11.4. The molecule has 3 nitrogen and oxygen atoms in total. The Morgan fingerprint density at radius 2 is 1.92 bits per heavy atom. The predicted octanol–water partition coefficient (Wildman–Crippen LogP) is 4.20. The maximum absolute atomic E-state index is 6.23. The lowest BCUT2D eigenvalue weighted by Gasteiger charge is -2.27. The summed E-state index contributed by atoms with van der Waals surface area (Å²) >= 11 is 6.23. The highest BCUT2D eigenvalue weighted by molar-refractivity contribution is 6.32. The number of terminal acetylenes is 1. The number of hydrogen-bond donors (Lipinski definition) is 1. The van der Waals surface area contributed by atoms with Crippen molar-refractivity contribution in [3.05, 3.63) is 52.5 Å². The van der Waals surface area contributed by atoms with Gasteiger partial charge >= 0.3 is 0 Å². The van der Waals surface area contributed by atoms with Crippen molar-refractivity contribution >= 4 is 23.0 Å². The quantitative estimate of drug-likeness (QED) is 0.672. The lowest BCUT2D eigenvalue weighted by Crippen LogP contribution is -2.38. The second-order valence-electron chi connectivity index (χ2n) is 6.45. The van der Waals surface area contributed by atoms with Gasteiger partial charge in [-0.15, -0.1) is 6.42 Å². The minimum atomic E-state index is -0.683. The van der Waals surface area contributed by atoms with Crippen molar-refractivity contribution in [1.29, 1.82) is 0 Å². The molecule has 2 N–H and O–H groups in total. The Labute approximate surface area is 148 Å². The summed E-state index contributed by atoms with van der Waals surface area (Å²) in [5.74, 6) is 3.42. The molecule has 2 aromatic rings. The normalized spacial score (nSPS) is 20.0. The van der Waals surface area contributed by atoms with E-state index in [4.69, 9.17) is 28.5 Å². The van der Waals surface area contributed by atoms with Crippen LogP contribution in [-0.2, 0) is 0 Å². The SMILES string of the molecule is C#CC1(Oc2ccc(N)cc2Cl)CCN(c2cc(C)cc(C)c2)C1. The van der Waals surface area contributed by atoms with Crippen molar-refractivity contribution in [3.8, 4) is 18.1 Å². The van der Waals surface area contributed by atoms with Crippen molar-refractivity contribution < 1.29 is 4.74 Å². The summed E-state index contributed by atoms with van der Waals surface area (Å²) in [6.45, 7) is 5.68. The number of anilines is 2. The lowest BCUT2D eigenvalue weighted by molar-refractivity contribution is 0.154. The van der Waals surface area contributed by atoms with E-state index in [1.54, 1.807) is 18.2 Å². The number of benzene rings is 2. The molecule has 1 aliphatic rings. The number of aryl methyl sites for hydroxylation is 2. The van der Waals surface area contributed by atoms with Gasteiger partial charge in [0.2, 0.25) is 0 Å². The first-order valence-corrected chi connectivity index (χ1v) is 8.34. The van der Waals surface area contributed by atoms with Crippen LogP contribution in [0.5, 0.6) is 5.75 Å². The summed E-state index contributed by atoms with van der Waals surface area (Å²) in [6.07, 6.45) is 6.57. The van der Waals surface area contributed by atoms with E-state index < -0.39 is 5.60 Å². The van der Waals surface area contributed by atoms with Gasteiger partial charge in [0.05, 0.1) is 11.6 Å². The number of halogens is 1. The third kappa shape index (κ3) is 3.29. The standard InChI is InChI=1S/C20H21ClN2O/c1-4-20(24-19-6-5-16(22)12-18(19)21)7-8-23(13-20)17-10-14(2)9-15(3)11-17/h1,5-6,9-12H,7-8,13,22H2,2-3H3. The molecule has 0 bridgehead atoms. The molecule has 0 amide bonds. The fourth-order valence-electron chi connectivity index (χ4n) is 3.18. The molecule has 4 heteroatoms. The summed E-state index contributed by atoms with van der Waals surface area (Å²) in [5.41, 5.74) is 9.32. The van der Waals surface area contributed by atoms with E-state index in [2.05, 4.69) is 42.9 Å². The number of nitrogens with two attached hydrogens (primary N) is 1. The highest BCUT2D eigenvalue weighted by atomic mass is 35.5. The van der Waals surface area contributed by atoms with Crippen molar-refractivity contribution in [2.45, 2.75) is 25.9 Å². The van der Waals surface area contributed by atoms with Gasteiger partial charge in [-0.25, -0.2) is 0 Å². The largest absolute Gasteiger partial charge is 0.471 e.